The molecule has 6 nitrogen and oxygen atoms in total. The molecule has 2 aliphatic rings. The monoisotopic (exact) mass is 352 g/mol. The number of likely N-dealkylation sites (tertiary alicyclic amines) is 1. The molecule has 0 aromatic carbocycles. The van der Waals surface area contributed by atoms with Gasteiger partial charge >= 0.3 is 0 Å². The van der Waals surface area contributed by atoms with Gasteiger partial charge in [0.15, 0.2) is 0 Å². The molecular formula is C20H24N4O2. The lowest BCUT2D eigenvalue weighted by Gasteiger charge is -2.20. The second kappa shape index (κ2) is 7.83. The molecule has 0 spiro atoms. The molecule has 2 unspecified atom stereocenters. The van der Waals surface area contributed by atoms with E-state index in [0.29, 0.717) is 18.1 Å². The molecule has 0 radical (unpaired) electrons. The van der Waals surface area contributed by atoms with Gasteiger partial charge in [0, 0.05) is 37.6 Å². The Bertz CT molecular complexity index is 729. The zero-order valence-corrected chi connectivity index (χ0v) is 14.8. The van der Waals surface area contributed by atoms with Crippen molar-refractivity contribution in [3.63, 3.8) is 0 Å². The zero-order chi connectivity index (χ0) is 17.8. The number of hydrogen-bond donors (Lipinski definition) is 1. The highest BCUT2D eigenvalue weighted by Gasteiger charge is 2.28. The van der Waals surface area contributed by atoms with Gasteiger partial charge in [-0.1, -0.05) is 0 Å². The highest BCUT2D eigenvalue weighted by Crippen LogP contribution is 2.22. The van der Waals surface area contributed by atoms with Gasteiger partial charge in [0.05, 0.1) is 24.8 Å². The van der Waals surface area contributed by atoms with Crippen LogP contribution >= 0.6 is 0 Å². The molecule has 136 valence electrons. The smallest absolute Gasteiger partial charge is 0.255 e. The Labute approximate surface area is 153 Å². The number of anilines is 1. The first-order chi connectivity index (χ1) is 12.8. The van der Waals surface area contributed by atoms with Crippen molar-refractivity contribution >= 4 is 11.7 Å². The third kappa shape index (κ3) is 3.85. The van der Waals surface area contributed by atoms with E-state index in [4.69, 9.17) is 4.74 Å². The van der Waals surface area contributed by atoms with Gasteiger partial charge in [-0.25, -0.2) is 4.98 Å². The molecule has 2 aliphatic heterocycles. The summed E-state index contributed by atoms with van der Waals surface area (Å²) in [6, 6.07) is 8.07. The number of hydrogen-bond acceptors (Lipinski definition) is 5. The molecule has 0 bridgehead atoms. The standard InChI is InChI=1S/C20H24N4O2/c25-20(24-9-1-2-10-24)16-3-4-19(22-12-16)23-18-14-26-13-17(18)11-15-5-7-21-8-6-15/h3-8,12,17-18H,1-2,9-11,13-14H2,(H,22,23). The molecule has 1 N–H and O–H groups in total. The normalized spacial score (nSPS) is 22.5. The Kier molecular flexibility index (Phi) is 5.11. The number of pyridine rings is 2. The van der Waals surface area contributed by atoms with Crippen molar-refractivity contribution < 1.29 is 9.53 Å². The number of nitrogens with one attached hydrogen (secondary N) is 1. The molecule has 0 saturated carbocycles. The second-order valence-corrected chi connectivity index (χ2v) is 7.04. The Morgan fingerprint density at radius 1 is 1.15 bits per heavy atom. The van der Waals surface area contributed by atoms with Gasteiger partial charge in [0.25, 0.3) is 5.91 Å². The lowest BCUT2D eigenvalue weighted by molar-refractivity contribution is 0.0792. The SMILES string of the molecule is O=C(c1ccc(NC2COCC2Cc2ccncc2)nc1)N1CCCC1. The highest BCUT2D eigenvalue weighted by atomic mass is 16.5. The van der Waals surface area contributed by atoms with Crippen LogP contribution in [0.15, 0.2) is 42.9 Å². The Morgan fingerprint density at radius 3 is 2.69 bits per heavy atom. The molecule has 2 aromatic heterocycles. The molecule has 2 saturated heterocycles. The molecular weight excluding hydrogens is 328 g/mol. The summed E-state index contributed by atoms with van der Waals surface area (Å²) in [6.45, 7) is 3.13. The molecule has 4 rings (SSSR count). The van der Waals surface area contributed by atoms with E-state index in [1.165, 1.54) is 5.56 Å². The minimum absolute atomic E-state index is 0.0845. The van der Waals surface area contributed by atoms with Gasteiger partial charge in [-0.05, 0) is 49.1 Å². The Hall–Kier alpha value is -2.47. The summed E-state index contributed by atoms with van der Waals surface area (Å²) < 4.78 is 5.68. The summed E-state index contributed by atoms with van der Waals surface area (Å²) in [5.41, 5.74) is 1.93. The Morgan fingerprint density at radius 2 is 1.96 bits per heavy atom. The lowest BCUT2D eigenvalue weighted by atomic mass is 9.95. The van der Waals surface area contributed by atoms with Crippen molar-refractivity contribution in [2.45, 2.75) is 25.3 Å². The number of rotatable bonds is 5. The minimum atomic E-state index is 0.0845. The number of nitrogens with zero attached hydrogens (tertiary/aromatic N) is 3. The summed E-state index contributed by atoms with van der Waals surface area (Å²) in [6.07, 6.45) is 8.47. The van der Waals surface area contributed by atoms with Crippen LogP contribution in [-0.2, 0) is 11.2 Å². The Balaban J connectivity index is 1.37. The van der Waals surface area contributed by atoms with Crippen LogP contribution < -0.4 is 5.32 Å². The molecule has 6 heteroatoms. The van der Waals surface area contributed by atoms with Crippen molar-refractivity contribution in [1.29, 1.82) is 0 Å². The first-order valence-corrected chi connectivity index (χ1v) is 9.28. The van der Waals surface area contributed by atoms with E-state index in [1.54, 1.807) is 6.20 Å². The quantitative estimate of drug-likeness (QED) is 0.895. The third-order valence-electron chi connectivity index (χ3n) is 5.18. The topological polar surface area (TPSA) is 67.3 Å². The van der Waals surface area contributed by atoms with Gasteiger partial charge < -0.3 is 15.0 Å². The van der Waals surface area contributed by atoms with E-state index >= 15 is 0 Å². The van der Waals surface area contributed by atoms with E-state index in [2.05, 4.69) is 15.3 Å². The molecule has 2 fully saturated rings. The maximum Gasteiger partial charge on any atom is 0.255 e. The maximum atomic E-state index is 12.4. The summed E-state index contributed by atoms with van der Waals surface area (Å²) in [5.74, 6) is 1.27. The number of carbonyl (C=O) groups is 1. The minimum Gasteiger partial charge on any atom is -0.379 e. The number of aromatic nitrogens is 2. The van der Waals surface area contributed by atoms with Crippen LogP contribution in [0.2, 0.25) is 0 Å². The largest absolute Gasteiger partial charge is 0.379 e. The summed E-state index contributed by atoms with van der Waals surface area (Å²) in [5, 5.41) is 3.47. The molecule has 2 atom stereocenters. The molecule has 2 aromatic rings. The van der Waals surface area contributed by atoms with E-state index < -0.39 is 0 Å². The van der Waals surface area contributed by atoms with Crippen molar-refractivity contribution in [3.8, 4) is 0 Å². The fraction of sp³-hybridized carbons (Fsp3) is 0.450. The van der Waals surface area contributed by atoms with Crippen molar-refractivity contribution in [2.24, 2.45) is 5.92 Å². The fourth-order valence-electron chi connectivity index (χ4n) is 3.68. The number of carbonyl (C=O) groups excluding carboxylic acids is 1. The van der Waals surface area contributed by atoms with Crippen LogP contribution in [0.1, 0.15) is 28.8 Å². The first-order valence-electron chi connectivity index (χ1n) is 9.28. The number of ether oxygens (including phenoxy) is 1. The maximum absolute atomic E-state index is 12.4. The van der Waals surface area contributed by atoms with Crippen LogP contribution in [0.25, 0.3) is 0 Å². The van der Waals surface area contributed by atoms with E-state index in [0.717, 1.165) is 44.8 Å². The van der Waals surface area contributed by atoms with E-state index in [1.807, 2.05) is 41.6 Å². The lowest BCUT2D eigenvalue weighted by Crippen LogP contribution is -2.30. The van der Waals surface area contributed by atoms with E-state index in [9.17, 15) is 4.79 Å². The van der Waals surface area contributed by atoms with Crippen LogP contribution in [-0.4, -0.2) is 53.1 Å². The first kappa shape index (κ1) is 17.0. The summed E-state index contributed by atoms with van der Waals surface area (Å²) >= 11 is 0. The van der Waals surface area contributed by atoms with Crippen LogP contribution in [0.3, 0.4) is 0 Å². The predicted octanol–water partition coefficient (Wildman–Crippen LogP) is 2.38. The second-order valence-electron chi connectivity index (χ2n) is 7.04. The zero-order valence-electron chi connectivity index (χ0n) is 14.8. The van der Waals surface area contributed by atoms with Crippen LogP contribution in [0, 0.1) is 5.92 Å². The van der Waals surface area contributed by atoms with Crippen molar-refractivity contribution in [2.75, 3.05) is 31.6 Å². The highest BCUT2D eigenvalue weighted by molar-refractivity contribution is 5.94. The summed E-state index contributed by atoms with van der Waals surface area (Å²) in [7, 11) is 0. The fourth-order valence-corrected chi connectivity index (χ4v) is 3.68. The van der Waals surface area contributed by atoms with E-state index in [-0.39, 0.29) is 11.9 Å². The molecule has 1 amide bonds. The van der Waals surface area contributed by atoms with Gasteiger partial charge in [0.2, 0.25) is 0 Å². The average molecular weight is 352 g/mol. The van der Waals surface area contributed by atoms with Gasteiger partial charge in [-0.2, -0.15) is 0 Å². The average Bonchev–Trinajstić information content (AvgIpc) is 3.35. The van der Waals surface area contributed by atoms with Gasteiger partial charge in [0.1, 0.15) is 5.82 Å². The third-order valence-corrected chi connectivity index (χ3v) is 5.18. The molecule has 26 heavy (non-hydrogen) atoms. The predicted molar refractivity (Wildman–Crippen MR) is 99.0 cm³/mol. The van der Waals surface area contributed by atoms with Crippen LogP contribution in [0.5, 0.6) is 0 Å². The van der Waals surface area contributed by atoms with Crippen molar-refractivity contribution in [3.05, 3.63) is 54.0 Å². The summed E-state index contributed by atoms with van der Waals surface area (Å²) in [4.78, 5) is 22.8. The number of amides is 1. The van der Waals surface area contributed by atoms with Gasteiger partial charge in [-0.15, -0.1) is 0 Å². The van der Waals surface area contributed by atoms with Gasteiger partial charge in [-0.3, -0.25) is 9.78 Å². The molecule has 4 heterocycles. The van der Waals surface area contributed by atoms with Crippen LogP contribution in [0.4, 0.5) is 5.82 Å². The van der Waals surface area contributed by atoms with Crippen molar-refractivity contribution in [1.82, 2.24) is 14.9 Å². The molecule has 0 aliphatic carbocycles.